The summed E-state index contributed by atoms with van der Waals surface area (Å²) in [4.78, 5) is 128. The molecule has 1 heterocycles. The summed E-state index contributed by atoms with van der Waals surface area (Å²) in [6.45, 7) is 16.8. The molecule has 0 bridgehead atoms. The van der Waals surface area contributed by atoms with Gasteiger partial charge in [-0.3, -0.25) is 24.0 Å². The topological polar surface area (TPSA) is 328 Å². The number of nitrogens with zero attached hydrogens (tertiary/aromatic N) is 3. The minimum Gasteiger partial charge on any atom is -0.449 e. The van der Waals surface area contributed by atoms with Gasteiger partial charge in [0.2, 0.25) is 23.6 Å². The van der Waals surface area contributed by atoms with Gasteiger partial charge in [0, 0.05) is 72.5 Å². The number of carbonyl (C=O) groups is 9. The molecule has 1 saturated heterocycles. The summed E-state index contributed by atoms with van der Waals surface area (Å²) in [6, 6.07) is 25.1. The van der Waals surface area contributed by atoms with Gasteiger partial charge >= 0.3 is 24.3 Å². The first-order valence-electron chi connectivity index (χ1n) is 34.2. The van der Waals surface area contributed by atoms with Crippen LogP contribution in [0.2, 0.25) is 0 Å². The van der Waals surface area contributed by atoms with Crippen LogP contribution in [0.25, 0.3) is 11.1 Å². The normalized spacial score (nSPS) is 16.6. The molecule has 0 saturated carbocycles. The lowest BCUT2D eigenvalue weighted by Gasteiger charge is -2.41. The highest BCUT2D eigenvalue weighted by Crippen LogP contribution is 2.44. The zero-order valence-corrected chi connectivity index (χ0v) is 59.4. The number of nitrogens with two attached hydrogens (primary N) is 1. The number of anilines is 1. The molecule has 4 aromatic carbocycles. The maximum atomic E-state index is 15.0. The van der Waals surface area contributed by atoms with E-state index in [1.165, 1.54) is 44.2 Å². The number of hydrogen-bond acceptors (Lipinski definition) is 15. The fourth-order valence-electron chi connectivity index (χ4n) is 13.2. The highest BCUT2D eigenvalue weighted by atomic mass is 16.6. The molecule has 0 spiro atoms. The first kappa shape index (κ1) is 78.9. The van der Waals surface area contributed by atoms with Gasteiger partial charge in [0.25, 0.3) is 5.91 Å². The van der Waals surface area contributed by atoms with Crippen LogP contribution in [0.4, 0.5) is 24.9 Å². The van der Waals surface area contributed by atoms with E-state index in [0.717, 1.165) is 22.3 Å². The minimum atomic E-state index is -1.43. The Bertz CT molecular complexity index is 3350. The highest BCUT2D eigenvalue weighted by molar-refractivity contribution is 5.97. The van der Waals surface area contributed by atoms with Crippen molar-refractivity contribution in [1.29, 1.82) is 0 Å². The molecule has 9 N–H and O–H groups in total. The van der Waals surface area contributed by atoms with E-state index in [1.54, 1.807) is 76.9 Å². The quantitative estimate of drug-likeness (QED) is 0.0121. The van der Waals surface area contributed by atoms with Crippen LogP contribution < -0.4 is 37.6 Å². The summed E-state index contributed by atoms with van der Waals surface area (Å²) in [5.41, 5.74) is 11.7. The zero-order valence-electron chi connectivity index (χ0n) is 59.4. The van der Waals surface area contributed by atoms with Gasteiger partial charge in [-0.05, 0) is 108 Å². The van der Waals surface area contributed by atoms with Gasteiger partial charge in [-0.2, -0.15) is 0 Å². The van der Waals surface area contributed by atoms with Crippen molar-refractivity contribution in [3.63, 3.8) is 0 Å². The van der Waals surface area contributed by atoms with Crippen LogP contribution in [-0.4, -0.2) is 184 Å². The number of nitrogens with one attached hydrogen (secondary N) is 6. The van der Waals surface area contributed by atoms with Gasteiger partial charge in [0.05, 0.1) is 48.8 Å². The number of carbonyl (C=O) groups excluding carboxylic acids is 9. The molecule has 4 aromatic rings. The van der Waals surface area contributed by atoms with Gasteiger partial charge in [0.1, 0.15) is 25.3 Å². The van der Waals surface area contributed by atoms with Crippen molar-refractivity contribution in [3.8, 4) is 11.1 Å². The molecule has 0 radical (unpaired) electrons. The molecule has 99 heavy (non-hydrogen) atoms. The molecule has 1 aliphatic carbocycles. The zero-order chi connectivity index (χ0) is 72.6. The number of aryl methyl sites for hydroxylation is 1. The molecule has 10 amide bonds. The van der Waals surface area contributed by atoms with Crippen LogP contribution in [0, 0.1) is 23.7 Å². The maximum absolute atomic E-state index is 15.0. The first-order chi connectivity index (χ1) is 47.3. The van der Waals surface area contributed by atoms with Crippen molar-refractivity contribution in [2.24, 2.45) is 29.4 Å². The standard InChI is InChI=1S/C74H104N10O15/c1-14-39-97-74(94)82(10)42-51-40-52(79-68(88)58(31-23-37-77-71(75)91)80-73(93)98-43-57-55-29-21-19-27-53(55)54-28-20-22-30-56(54)57)36-35-49(51)34-33-46(6)65(99-72(92)76-9)69(89)81-62(44(3)4)70(90)83(11)63(45(5)15-2)60(95-12)41-61(85)84-38-24-32-59(84)66(96-13)47(7)67(87)78-48(8)64(86)50-25-17-16-18-26-50/h14,16-22,25-30,35-36,40,44-48,57-60,62-66,86H,1,15,23-24,31-34,37-39,41-43H2,2-13H3,(H,76,92)(H,78,87)(H,79,88)(H,80,93)(H,81,89)(H3,75,77,91)/t45-,46?,47+,48+,58-,59-,60+,62?,63?,64+,65?,66+/m0/s1. The number of hydrogen-bond donors (Lipinski definition) is 8. The number of benzene rings is 4. The number of primary amides is 1. The van der Waals surface area contributed by atoms with Gasteiger partial charge in [-0.15, -0.1) is 0 Å². The Hall–Kier alpha value is -9.07. The van der Waals surface area contributed by atoms with Crippen molar-refractivity contribution in [2.45, 2.75) is 167 Å². The van der Waals surface area contributed by atoms with E-state index in [9.17, 15) is 43.5 Å². The Kier molecular flexibility index (Phi) is 30.6. The van der Waals surface area contributed by atoms with E-state index in [1.807, 2.05) is 80.6 Å². The molecule has 25 heteroatoms. The number of rotatable bonds is 36. The van der Waals surface area contributed by atoms with Gasteiger partial charge in [-0.1, -0.05) is 146 Å². The average Bonchev–Trinajstić information content (AvgIpc) is 1.62. The minimum absolute atomic E-state index is 0.00180. The predicted molar refractivity (Wildman–Crippen MR) is 376 cm³/mol. The average molecular weight is 1370 g/mol. The van der Waals surface area contributed by atoms with Crippen LogP contribution in [0.5, 0.6) is 0 Å². The molecular formula is C74H104N10O15. The number of likely N-dealkylation sites (N-methyl/N-ethyl adjacent to an activating group) is 1. The number of methoxy groups -OCH3 is 2. The fraction of sp³-hybridized carbons (Fsp3) is 0.527. The Morgan fingerprint density at radius 3 is 2.03 bits per heavy atom. The molecule has 6 rings (SSSR count). The summed E-state index contributed by atoms with van der Waals surface area (Å²) in [5.74, 6) is -4.74. The summed E-state index contributed by atoms with van der Waals surface area (Å²) in [7, 11) is 7.51. The van der Waals surface area contributed by atoms with Crippen LogP contribution in [0.3, 0.4) is 0 Å². The fourth-order valence-corrected chi connectivity index (χ4v) is 13.2. The first-order valence-corrected chi connectivity index (χ1v) is 34.2. The smallest absolute Gasteiger partial charge is 0.410 e. The van der Waals surface area contributed by atoms with E-state index < -0.39 is 114 Å². The SMILES string of the molecule is C=CCOC(=O)N(C)Cc1cc(NC(=O)[C@H](CCCNC(N)=O)NC(=O)OCC2c3ccccc3-c3ccccc32)ccc1CCC(C)C(OC(=O)NC)C(=O)NC(C(=O)N(C)C([C@@H](C)CC)[C@@H](CC(=O)N1CCC[C@H]1[C@H](OC)[C@@H](C)C(=O)N[C@H](C)[C@@H](O)c1ccccc1)OC)C(C)C. The number of alkyl carbamates (subject to hydrolysis) is 2. The van der Waals surface area contributed by atoms with E-state index >= 15 is 4.79 Å². The van der Waals surface area contributed by atoms with Crippen LogP contribution in [0.1, 0.15) is 133 Å². The summed E-state index contributed by atoms with van der Waals surface area (Å²) in [5, 5.41) is 27.4. The third kappa shape index (κ3) is 21.5. The van der Waals surface area contributed by atoms with E-state index in [2.05, 4.69) is 38.5 Å². The Morgan fingerprint density at radius 1 is 0.768 bits per heavy atom. The monoisotopic (exact) mass is 1370 g/mol. The van der Waals surface area contributed by atoms with Crippen molar-refractivity contribution in [2.75, 3.05) is 67.0 Å². The second kappa shape index (κ2) is 38.3. The maximum Gasteiger partial charge on any atom is 0.410 e. The molecule has 2 aliphatic rings. The number of aliphatic hydroxyl groups excluding tert-OH is 1. The highest BCUT2D eigenvalue weighted by Gasteiger charge is 2.44. The van der Waals surface area contributed by atoms with Crippen molar-refractivity contribution >= 4 is 59.5 Å². The van der Waals surface area contributed by atoms with Gasteiger partial charge < -0.3 is 81.1 Å². The summed E-state index contributed by atoms with van der Waals surface area (Å²) < 4.78 is 29.1. The molecule has 0 aromatic heterocycles. The molecule has 1 fully saturated rings. The third-order valence-corrected chi connectivity index (χ3v) is 19.0. The number of amides is 10. The van der Waals surface area contributed by atoms with E-state index in [0.29, 0.717) is 48.2 Å². The number of aliphatic hydroxyl groups is 1. The Morgan fingerprint density at radius 2 is 1.42 bits per heavy atom. The molecule has 4 unspecified atom stereocenters. The second-order valence-electron chi connectivity index (χ2n) is 26.2. The Balaban J connectivity index is 1.16. The van der Waals surface area contributed by atoms with E-state index in [4.69, 9.17) is 29.4 Å². The lowest BCUT2D eigenvalue weighted by Crippen LogP contribution is -2.59. The number of ether oxygens (including phenoxy) is 5. The van der Waals surface area contributed by atoms with Gasteiger partial charge in [0.15, 0.2) is 6.10 Å². The second-order valence-corrected chi connectivity index (χ2v) is 26.2. The number of fused-ring (bicyclic) bond motifs is 3. The summed E-state index contributed by atoms with van der Waals surface area (Å²) in [6.07, 6.45) is -2.32. The van der Waals surface area contributed by atoms with Crippen molar-refractivity contribution in [1.82, 2.24) is 41.3 Å². The molecular weight excluding hydrogens is 1270 g/mol. The van der Waals surface area contributed by atoms with Crippen molar-refractivity contribution < 1.29 is 71.9 Å². The number of urea groups is 1. The number of likely N-dealkylation sites (tertiary alicyclic amines) is 1. The lowest BCUT2D eigenvalue weighted by molar-refractivity contribution is -0.148. The van der Waals surface area contributed by atoms with E-state index in [-0.39, 0.29) is 82.1 Å². The predicted octanol–water partition coefficient (Wildman–Crippen LogP) is 8.33. The Labute approximate surface area is 582 Å². The molecule has 25 nitrogen and oxygen atoms in total. The molecule has 1 aliphatic heterocycles. The van der Waals surface area contributed by atoms with Gasteiger partial charge in [-0.25, -0.2) is 19.2 Å². The summed E-state index contributed by atoms with van der Waals surface area (Å²) >= 11 is 0. The molecule has 540 valence electrons. The van der Waals surface area contributed by atoms with Crippen LogP contribution in [-0.2, 0) is 60.6 Å². The van der Waals surface area contributed by atoms with Crippen LogP contribution in [0.15, 0.2) is 110 Å². The lowest BCUT2D eigenvalue weighted by atomic mass is 9.89. The molecule has 12 atom stereocenters. The largest absolute Gasteiger partial charge is 0.449 e. The van der Waals surface area contributed by atoms with Crippen LogP contribution >= 0.6 is 0 Å². The third-order valence-electron chi connectivity index (χ3n) is 19.0. The van der Waals surface area contributed by atoms with Crippen molar-refractivity contribution in [3.05, 3.63) is 138 Å².